The summed E-state index contributed by atoms with van der Waals surface area (Å²) in [5, 5.41) is 58.9. The highest BCUT2D eigenvalue weighted by atomic mass is 15.5. The van der Waals surface area contributed by atoms with Gasteiger partial charge in [0, 0.05) is 76.8 Å². The number of aryl methyl sites for hydroxylation is 14. The zero-order valence-electron chi connectivity index (χ0n) is 94.0. The molecule has 0 aliphatic rings. The Morgan fingerprint density at radius 1 is 0.163 bits per heavy atom. The summed E-state index contributed by atoms with van der Waals surface area (Å²) in [6.07, 6.45) is 79.2. The van der Waals surface area contributed by atoms with E-state index in [1.165, 1.54) is 294 Å². The lowest BCUT2D eigenvalue weighted by atomic mass is 10.0. The minimum atomic E-state index is 0.742. The number of hydrogen-bond acceptors (Lipinski definition) is 14. The summed E-state index contributed by atoms with van der Waals surface area (Å²) in [4.78, 5) is 0. The van der Waals surface area contributed by atoms with E-state index in [0.29, 0.717) is 0 Å². The van der Waals surface area contributed by atoms with Crippen LogP contribution in [0.25, 0.3) is 0 Å². The summed E-state index contributed by atoms with van der Waals surface area (Å²) in [6.45, 7) is 71.2. The van der Waals surface area contributed by atoms with Crippen molar-refractivity contribution in [2.45, 2.75) is 567 Å². The van der Waals surface area contributed by atoms with E-state index in [1.807, 2.05) is 35.8 Å². The fraction of sp³-hybridized carbons (Fsp3) is 0.877. The van der Waals surface area contributed by atoms with Gasteiger partial charge < -0.3 is 0 Å². The third kappa shape index (κ3) is 80.4. The van der Waals surface area contributed by atoms with Crippen LogP contribution < -0.4 is 0 Å². The lowest BCUT2D eigenvalue weighted by molar-refractivity contribution is 0.474. The Labute approximate surface area is 833 Å². The first-order valence-electron chi connectivity index (χ1n) is 56.8. The Morgan fingerprint density at radius 2 is 0.333 bits per heavy atom. The Kier molecular flexibility index (Phi) is 78.8. The van der Waals surface area contributed by atoms with E-state index < -0.39 is 0 Å². The minimum Gasteiger partial charge on any atom is -0.252 e. The molecular formula is C114H221N21. The van der Waals surface area contributed by atoms with Crippen molar-refractivity contribution in [3.8, 4) is 0 Å². The summed E-state index contributed by atoms with van der Waals surface area (Å²) in [5.41, 5.74) is 8.40. The molecule has 21 heteroatoms. The molecule has 0 N–H and O–H groups in total. The van der Waals surface area contributed by atoms with Crippen LogP contribution in [0.4, 0.5) is 0 Å². The van der Waals surface area contributed by atoms with Crippen LogP contribution in [0.1, 0.15) is 516 Å². The highest BCUT2D eigenvalue weighted by Crippen LogP contribution is 2.21. The van der Waals surface area contributed by atoms with Gasteiger partial charge in [-0.3, -0.25) is 23.4 Å². The molecule has 0 saturated carbocycles. The van der Waals surface area contributed by atoms with Gasteiger partial charge in [-0.1, -0.05) is 423 Å². The normalized spacial score (nSPS) is 11.7. The molecule has 782 valence electrons. The van der Waals surface area contributed by atoms with Crippen LogP contribution in [0.3, 0.4) is 0 Å². The predicted octanol–water partition coefficient (Wildman–Crippen LogP) is 32.1. The molecule has 0 atom stereocenters. The second-order valence-electron chi connectivity index (χ2n) is 46.2. The third-order valence-corrected chi connectivity index (χ3v) is 25.0. The van der Waals surface area contributed by atoms with Gasteiger partial charge in [0.05, 0.1) is 52.3 Å². The first kappa shape index (κ1) is 127. The van der Waals surface area contributed by atoms with Crippen molar-refractivity contribution in [1.82, 2.24) is 105 Å². The van der Waals surface area contributed by atoms with E-state index >= 15 is 0 Å². The molecule has 7 aromatic heterocycles. The topological polar surface area (TPSA) is 215 Å². The SMILES string of the molecule is CC(C)CCCCCCn1cc(CCC(C)C)nn1.CC(C)CCCCCCn1cc(CCC(C)C)nn1.CC(C)CCCCCn1cc(CCCC(C)C)nn1.CC(C)CCCCCn1cc(CCCC(C)C)nn1.CC(C)CCCCCn1nncc1CCCCC(C)C.CC(C)CCCCCn1nncc1CCCCC(C)C.CC(C)CCCCc1cn(CCCCC(C)C)nn1. The van der Waals surface area contributed by atoms with E-state index in [2.05, 4.69) is 306 Å². The smallest absolute Gasteiger partial charge is 0.0827 e. The third-order valence-electron chi connectivity index (χ3n) is 25.0. The molecule has 0 amide bonds. The molecule has 7 aromatic rings. The van der Waals surface area contributed by atoms with Gasteiger partial charge in [0.2, 0.25) is 0 Å². The molecule has 0 fully saturated rings. The van der Waals surface area contributed by atoms with Crippen molar-refractivity contribution in [2.75, 3.05) is 0 Å². The number of rotatable bonds is 72. The summed E-state index contributed by atoms with van der Waals surface area (Å²) in [7, 11) is 0. The largest absolute Gasteiger partial charge is 0.252 e. The molecule has 0 aliphatic heterocycles. The maximum Gasteiger partial charge on any atom is 0.0827 e. The maximum absolute atomic E-state index is 4.26. The van der Waals surface area contributed by atoms with Crippen LogP contribution in [0.15, 0.2) is 43.4 Å². The Hall–Kier alpha value is -6.02. The number of unbranched alkanes of at least 4 members (excludes halogenated alkanes) is 18. The van der Waals surface area contributed by atoms with Crippen molar-refractivity contribution >= 4 is 0 Å². The van der Waals surface area contributed by atoms with E-state index in [9.17, 15) is 0 Å². The second kappa shape index (κ2) is 83.7. The standard InChI is InChI=1S/2C17H33N3.5C16H31N3/c2*1-15(2)10-6-5-9-13-20-17(14-18-19-20)12-8-7-11-16(3)4;1-14(2)9-5-6-11-16-13-19(18-17-16)12-8-7-10-15(3)4;2*1-14(2)9-6-5-7-12-19-13-16(17-18-19)11-8-10-15(3)4;2*1-14(2)9-7-5-6-8-12-19-13-16(17-18-19)11-10-15(3)4/h2*14-16H,5-13H2,1-4H3;5*13-15H,5-12H2,1-4H3. The summed E-state index contributed by atoms with van der Waals surface area (Å²) in [6, 6.07) is 0. The van der Waals surface area contributed by atoms with Gasteiger partial charge in [0.15, 0.2) is 0 Å². The van der Waals surface area contributed by atoms with Crippen molar-refractivity contribution in [1.29, 1.82) is 0 Å². The van der Waals surface area contributed by atoms with Crippen molar-refractivity contribution in [3.05, 3.63) is 83.2 Å². The van der Waals surface area contributed by atoms with Gasteiger partial charge in [0.25, 0.3) is 0 Å². The van der Waals surface area contributed by atoms with Crippen LogP contribution >= 0.6 is 0 Å². The molecule has 0 unspecified atom stereocenters. The van der Waals surface area contributed by atoms with E-state index in [0.717, 1.165) is 202 Å². The van der Waals surface area contributed by atoms with Crippen LogP contribution in [-0.4, -0.2) is 105 Å². The summed E-state index contributed by atoms with van der Waals surface area (Å²) < 4.78 is 14.3. The first-order valence-corrected chi connectivity index (χ1v) is 56.8. The zero-order valence-corrected chi connectivity index (χ0v) is 94.0. The Morgan fingerprint density at radius 3 is 0.570 bits per heavy atom. The average Bonchev–Trinajstić information content (AvgIpc) is 1.79. The molecule has 135 heavy (non-hydrogen) atoms. The summed E-state index contributed by atoms with van der Waals surface area (Å²) >= 11 is 0. The van der Waals surface area contributed by atoms with Crippen molar-refractivity contribution in [3.63, 3.8) is 0 Å². The highest BCUT2D eigenvalue weighted by Gasteiger charge is 2.13. The van der Waals surface area contributed by atoms with Gasteiger partial charge in [-0.25, -0.2) is 9.36 Å². The fourth-order valence-electron chi connectivity index (χ4n) is 16.1. The zero-order chi connectivity index (χ0) is 100. The molecule has 7 rings (SSSR count). The maximum atomic E-state index is 4.26. The van der Waals surface area contributed by atoms with Crippen molar-refractivity contribution < 1.29 is 0 Å². The Balaban J connectivity index is 0.000000788. The van der Waals surface area contributed by atoms with Gasteiger partial charge in [0.1, 0.15) is 0 Å². The fourth-order valence-corrected chi connectivity index (χ4v) is 16.1. The lowest BCUT2D eigenvalue weighted by Gasteiger charge is -2.08. The van der Waals surface area contributed by atoms with Gasteiger partial charge in [-0.2, -0.15) is 0 Å². The van der Waals surface area contributed by atoms with Crippen LogP contribution in [0.5, 0.6) is 0 Å². The minimum absolute atomic E-state index is 0.742. The van der Waals surface area contributed by atoms with Crippen molar-refractivity contribution in [2.24, 2.45) is 82.9 Å². The summed E-state index contributed by atoms with van der Waals surface area (Å²) in [5.74, 6) is 11.3. The second-order valence-corrected chi connectivity index (χ2v) is 46.2. The molecule has 0 bridgehead atoms. The van der Waals surface area contributed by atoms with E-state index in [4.69, 9.17) is 0 Å². The Bertz CT molecular complexity index is 3410. The lowest BCUT2D eigenvalue weighted by Crippen LogP contribution is -2.06. The van der Waals surface area contributed by atoms with Crippen LogP contribution in [0.2, 0.25) is 0 Å². The van der Waals surface area contributed by atoms with Gasteiger partial charge in [-0.15, -0.1) is 35.7 Å². The molecule has 0 spiro atoms. The van der Waals surface area contributed by atoms with Crippen LogP contribution in [0, 0.1) is 82.9 Å². The number of hydrogen-bond donors (Lipinski definition) is 0. The molecule has 0 aromatic carbocycles. The molecule has 0 aliphatic carbocycles. The quantitative estimate of drug-likeness (QED) is 0.0324. The number of aromatic nitrogens is 21. The molecule has 0 saturated heterocycles. The van der Waals surface area contributed by atoms with Gasteiger partial charge in [-0.05, 0) is 218 Å². The predicted molar refractivity (Wildman–Crippen MR) is 577 cm³/mol. The molecule has 0 radical (unpaired) electrons. The first-order chi connectivity index (χ1) is 64.6. The average molecular weight is 1890 g/mol. The molecular weight excluding hydrogens is 1660 g/mol. The highest BCUT2D eigenvalue weighted by molar-refractivity contribution is 4.98. The van der Waals surface area contributed by atoms with E-state index in [1.54, 1.807) is 0 Å². The monoisotopic (exact) mass is 1880 g/mol. The molecule has 21 nitrogen and oxygen atoms in total. The van der Waals surface area contributed by atoms with E-state index in [-0.39, 0.29) is 0 Å². The van der Waals surface area contributed by atoms with Gasteiger partial charge >= 0.3 is 0 Å². The molecule has 7 heterocycles. The van der Waals surface area contributed by atoms with Crippen LogP contribution in [-0.2, 0) is 90.8 Å². The number of nitrogens with zero attached hydrogens (tertiary/aromatic N) is 21.